The molecule has 0 aromatic carbocycles. The second-order valence-corrected chi connectivity index (χ2v) is 4.79. The first-order chi connectivity index (χ1) is 5.79. The summed E-state index contributed by atoms with van der Waals surface area (Å²) in [6, 6.07) is 0. The van der Waals surface area contributed by atoms with Gasteiger partial charge in [0.2, 0.25) is 0 Å². The first-order valence-corrected chi connectivity index (χ1v) is 5.51. The minimum atomic E-state index is -0.241. The Labute approximate surface area is 88.4 Å². The molecule has 1 nitrogen and oxygen atoms in total. The molecule has 2 aliphatic carbocycles. The van der Waals surface area contributed by atoms with E-state index in [1.54, 1.807) is 0 Å². The standard InChI is InChI=1S/C11H20O.H2S/c12-11(7-3-4-8-11)9-10-5-1-2-6-10;/h10,12H,1-9H2;1H2. The van der Waals surface area contributed by atoms with Gasteiger partial charge in [0.1, 0.15) is 0 Å². The fourth-order valence-corrected chi connectivity index (χ4v) is 2.99. The molecule has 2 aliphatic rings. The molecular weight excluding hydrogens is 180 g/mol. The molecule has 0 radical (unpaired) electrons. The number of aliphatic hydroxyl groups is 1. The Morgan fingerprint density at radius 1 is 1.00 bits per heavy atom. The molecular formula is C11H22OS. The summed E-state index contributed by atoms with van der Waals surface area (Å²) in [5.74, 6) is 0.855. The monoisotopic (exact) mass is 202 g/mol. The van der Waals surface area contributed by atoms with Gasteiger partial charge in [-0.1, -0.05) is 38.5 Å². The molecule has 2 fully saturated rings. The predicted molar refractivity (Wildman–Crippen MR) is 60.4 cm³/mol. The quantitative estimate of drug-likeness (QED) is 0.730. The fraction of sp³-hybridized carbons (Fsp3) is 1.00. The lowest BCUT2D eigenvalue weighted by atomic mass is 9.88. The van der Waals surface area contributed by atoms with Crippen LogP contribution in [0.15, 0.2) is 0 Å². The van der Waals surface area contributed by atoms with E-state index in [0.29, 0.717) is 0 Å². The van der Waals surface area contributed by atoms with Gasteiger partial charge in [-0.05, 0) is 25.2 Å². The Morgan fingerprint density at radius 3 is 2.08 bits per heavy atom. The number of hydrogen-bond donors (Lipinski definition) is 1. The zero-order valence-electron chi connectivity index (χ0n) is 8.39. The Morgan fingerprint density at radius 2 is 1.54 bits per heavy atom. The maximum atomic E-state index is 10.2. The first kappa shape index (κ1) is 11.4. The lowest BCUT2D eigenvalue weighted by Gasteiger charge is -2.25. The molecule has 0 unspecified atom stereocenters. The highest BCUT2D eigenvalue weighted by Gasteiger charge is 2.34. The SMILES string of the molecule is OC1(CC2CCCC2)CCCC1.S. The van der Waals surface area contributed by atoms with Gasteiger partial charge < -0.3 is 5.11 Å². The maximum Gasteiger partial charge on any atom is 0.0650 e. The van der Waals surface area contributed by atoms with E-state index >= 15 is 0 Å². The van der Waals surface area contributed by atoms with E-state index in [4.69, 9.17) is 0 Å². The van der Waals surface area contributed by atoms with Crippen LogP contribution in [0.2, 0.25) is 0 Å². The smallest absolute Gasteiger partial charge is 0.0650 e. The molecule has 2 rings (SSSR count). The molecule has 0 amide bonds. The summed E-state index contributed by atoms with van der Waals surface area (Å²) in [5, 5.41) is 10.2. The van der Waals surface area contributed by atoms with Crippen molar-refractivity contribution in [3.8, 4) is 0 Å². The van der Waals surface area contributed by atoms with Crippen molar-refractivity contribution >= 4 is 13.5 Å². The van der Waals surface area contributed by atoms with E-state index in [1.165, 1.54) is 38.5 Å². The van der Waals surface area contributed by atoms with Gasteiger partial charge >= 0.3 is 0 Å². The minimum absolute atomic E-state index is 0. The highest BCUT2D eigenvalue weighted by molar-refractivity contribution is 7.59. The van der Waals surface area contributed by atoms with Crippen molar-refractivity contribution in [2.45, 2.75) is 63.4 Å². The van der Waals surface area contributed by atoms with Gasteiger partial charge in [0.05, 0.1) is 5.60 Å². The van der Waals surface area contributed by atoms with E-state index in [-0.39, 0.29) is 19.1 Å². The number of hydrogen-bond acceptors (Lipinski definition) is 1. The largest absolute Gasteiger partial charge is 0.390 e. The maximum absolute atomic E-state index is 10.2. The van der Waals surface area contributed by atoms with Gasteiger partial charge in [-0.15, -0.1) is 0 Å². The molecule has 0 aromatic rings. The van der Waals surface area contributed by atoms with E-state index in [1.807, 2.05) is 0 Å². The predicted octanol–water partition coefficient (Wildman–Crippen LogP) is 2.98. The van der Waals surface area contributed by atoms with E-state index in [9.17, 15) is 5.11 Å². The summed E-state index contributed by atoms with van der Waals surface area (Å²) in [4.78, 5) is 0. The van der Waals surface area contributed by atoms with Gasteiger partial charge in [-0.3, -0.25) is 0 Å². The van der Waals surface area contributed by atoms with Crippen LogP contribution in [0.3, 0.4) is 0 Å². The second kappa shape index (κ2) is 4.70. The van der Waals surface area contributed by atoms with Crippen LogP contribution in [0.25, 0.3) is 0 Å². The summed E-state index contributed by atoms with van der Waals surface area (Å²) in [7, 11) is 0. The van der Waals surface area contributed by atoms with Gasteiger partial charge in [-0.2, -0.15) is 13.5 Å². The average molecular weight is 202 g/mol. The Bertz CT molecular complexity index is 146. The van der Waals surface area contributed by atoms with Crippen molar-refractivity contribution in [3.63, 3.8) is 0 Å². The van der Waals surface area contributed by atoms with Crippen molar-refractivity contribution in [2.75, 3.05) is 0 Å². The summed E-state index contributed by atoms with van der Waals surface area (Å²) in [6.45, 7) is 0. The van der Waals surface area contributed by atoms with Gasteiger partial charge in [0.25, 0.3) is 0 Å². The topological polar surface area (TPSA) is 20.2 Å². The van der Waals surface area contributed by atoms with Crippen LogP contribution >= 0.6 is 13.5 Å². The lowest BCUT2D eigenvalue weighted by molar-refractivity contribution is 0.0230. The average Bonchev–Trinajstić information content (AvgIpc) is 2.62. The molecule has 0 saturated heterocycles. The van der Waals surface area contributed by atoms with Crippen LogP contribution in [0.1, 0.15) is 57.8 Å². The molecule has 0 heterocycles. The summed E-state index contributed by atoms with van der Waals surface area (Å²) in [5.41, 5.74) is -0.241. The molecule has 0 bridgehead atoms. The summed E-state index contributed by atoms with van der Waals surface area (Å²) >= 11 is 0. The van der Waals surface area contributed by atoms with Gasteiger partial charge in [0, 0.05) is 0 Å². The van der Waals surface area contributed by atoms with Crippen LogP contribution in [0.5, 0.6) is 0 Å². The van der Waals surface area contributed by atoms with Crippen molar-refractivity contribution < 1.29 is 5.11 Å². The molecule has 0 atom stereocenters. The van der Waals surface area contributed by atoms with Crippen LogP contribution in [-0.2, 0) is 0 Å². The Balaban J connectivity index is 0.000000845. The fourth-order valence-electron chi connectivity index (χ4n) is 2.99. The summed E-state index contributed by atoms with van der Waals surface area (Å²) < 4.78 is 0. The van der Waals surface area contributed by atoms with Crippen LogP contribution < -0.4 is 0 Å². The Kier molecular flexibility index (Phi) is 4.11. The van der Waals surface area contributed by atoms with Gasteiger partial charge in [0.15, 0.2) is 0 Å². The first-order valence-electron chi connectivity index (χ1n) is 5.51. The van der Waals surface area contributed by atoms with E-state index in [0.717, 1.165) is 25.2 Å². The third-order valence-corrected chi connectivity index (χ3v) is 3.68. The van der Waals surface area contributed by atoms with Crippen molar-refractivity contribution in [2.24, 2.45) is 5.92 Å². The van der Waals surface area contributed by atoms with E-state index in [2.05, 4.69) is 0 Å². The molecule has 0 aliphatic heterocycles. The zero-order valence-corrected chi connectivity index (χ0v) is 9.39. The third-order valence-electron chi connectivity index (χ3n) is 3.68. The van der Waals surface area contributed by atoms with Crippen molar-refractivity contribution in [1.29, 1.82) is 0 Å². The molecule has 78 valence electrons. The Hall–Kier alpha value is 0.310. The van der Waals surface area contributed by atoms with E-state index < -0.39 is 0 Å². The normalized spacial score (nSPS) is 27.5. The highest BCUT2D eigenvalue weighted by Crippen LogP contribution is 2.39. The summed E-state index contributed by atoms with van der Waals surface area (Å²) in [6.07, 6.45) is 11.3. The molecule has 13 heavy (non-hydrogen) atoms. The molecule has 0 aromatic heterocycles. The lowest BCUT2D eigenvalue weighted by Crippen LogP contribution is -2.26. The molecule has 1 N–H and O–H groups in total. The van der Waals surface area contributed by atoms with Gasteiger partial charge in [-0.25, -0.2) is 0 Å². The van der Waals surface area contributed by atoms with Crippen molar-refractivity contribution in [1.82, 2.24) is 0 Å². The molecule has 0 spiro atoms. The molecule has 2 heteroatoms. The number of rotatable bonds is 2. The highest BCUT2D eigenvalue weighted by atomic mass is 32.1. The van der Waals surface area contributed by atoms with Crippen molar-refractivity contribution in [3.05, 3.63) is 0 Å². The zero-order chi connectivity index (χ0) is 8.44. The van der Waals surface area contributed by atoms with Crippen LogP contribution in [-0.4, -0.2) is 10.7 Å². The minimum Gasteiger partial charge on any atom is -0.390 e. The molecule has 2 saturated carbocycles. The second-order valence-electron chi connectivity index (χ2n) is 4.79. The third kappa shape index (κ3) is 2.88. The van der Waals surface area contributed by atoms with Crippen LogP contribution in [0, 0.1) is 5.92 Å². The van der Waals surface area contributed by atoms with Crippen LogP contribution in [0.4, 0.5) is 0 Å².